The summed E-state index contributed by atoms with van der Waals surface area (Å²) in [6, 6.07) is 14.5. The van der Waals surface area contributed by atoms with Gasteiger partial charge in [0.2, 0.25) is 5.91 Å². The number of hydrogen-bond acceptors (Lipinski definition) is 4. The van der Waals surface area contributed by atoms with Crippen LogP contribution in [0.15, 0.2) is 60.9 Å². The first-order valence-electron chi connectivity index (χ1n) is 7.73. The van der Waals surface area contributed by atoms with Gasteiger partial charge in [-0.25, -0.2) is 4.68 Å². The molecule has 2 heterocycles. The lowest BCUT2D eigenvalue weighted by molar-refractivity contribution is -0.114. The number of carbonyl (C=O) groups excluding carboxylic acids is 2. The van der Waals surface area contributed by atoms with Gasteiger partial charge in [-0.3, -0.25) is 14.6 Å². The van der Waals surface area contributed by atoms with Gasteiger partial charge in [0.15, 0.2) is 5.69 Å². The molecule has 3 aromatic rings. The van der Waals surface area contributed by atoms with E-state index >= 15 is 0 Å². The third-order valence-corrected chi connectivity index (χ3v) is 3.45. The second-order valence-corrected chi connectivity index (χ2v) is 5.38. The predicted molar refractivity (Wildman–Crippen MR) is 93.3 cm³/mol. The first-order chi connectivity index (χ1) is 12.1. The van der Waals surface area contributed by atoms with Crippen LogP contribution in [0.4, 0.5) is 5.82 Å². The smallest absolute Gasteiger partial charge is 0.272 e. The maximum absolute atomic E-state index is 12.4. The maximum atomic E-state index is 12.4. The van der Waals surface area contributed by atoms with Gasteiger partial charge >= 0.3 is 0 Å². The van der Waals surface area contributed by atoms with E-state index in [9.17, 15) is 9.59 Å². The van der Waals surface area contributed by atoms with Gasteiger partial charge in [-0.2, -0.15) is 5.10 Å². The summed E-state index contributed by atoms with van der Waals surface area (Å²) in [5.74, 6) is -0.119. The molecule has 0 aliphatic rings. The van der Waals surface area contributed by atoms with Gasteiger partial charge in [-0.15, -0.1) is 0 Å². The second kappa shape index (κ2) is 7.39. The van der Waals surface area contributed by atoms with Crippen LogP contribution in [-0.4, -0.2) is 26.6 Å². The van der Waals surface area contributed by atoms with E-state index in [1.165, 1.54) is 11.6 Å². The Kier molecular flexibility index (Phi) is 4.84. The zero-order valence-electron chi connectivity index (χ0n) is 13.6. The number of carbonyl (C=O) groups is 2. The van der Waals surface area contributed by atoms with Crippen LogP contribution in [0, 0.1) is 0 Å². The Hall–Kier alpha value is -3.48. The van der Waals surface area contributed by atoms with Crippen molar-refractivity contribution in [2.75, 3.05) is 5.32 Å². The van der Waals surface area contributed by atoms with E-state index in [2.05, 4.69) is 20.7 Å². The number of anilines is 1. The van der Waals surface area contributed by atoms with E-state index in [0.29, 0.717) is 12.4 Å². The van der Waals surface area contributed by atoms with Gasteiger partial charge in [0.1, 0.15) is 5.82 Å². The normalized spacial score (nSPS) is 10.3. The molecule has 126 valence electrons. The standard InChI is InChI=1S/C18H17N5O2/c1-13(24)21-17-11-16(22-23(17)15-5-3-2-4-6-15)18(25)20-12-14-7-9-19-10-8-14/h2-11H,12H2,1H3,(H,20,25)(H,21,24). The van der Waals surface area contributed by atoms with E-state index in [0.717, 1.165) is 11.3 Å². The Bertz CT molecular complexity index is 875. The lowest BCUT2D eigenvalue weighted by Gasteiger charge is -2.06. The van der Waals surface area contributed by atoms with Crippen molar-refractivity contribution in [2.24, 2.45) is 0 Å². The summed E-state index contributed by atoms with van der Waals surface area (Å²) < 4.78 is 1.53. The molecule has 0 fully saturated rings. The average Bonchev–Trinajstić information content (AvgIpc) is 3.04. The van der Waals surface area contributed by atoms with E-state index in [1.807, 2.05) is 42.5 Å². The van der Waals surface area contributed by atoms with Gasteiger partial charge in [0.05, 0.1) is 5.69 Å². The molecule has 7 nitrogen and oxygen atoms in total. The fourth-order valence-electron chi connectivity index (χ4n) is 2.30. The zero-order valence-corrected chi connectivity index (χ0v) is 13.6. The molecule has 1 aromatic carbocycles. The van der Waals surface area contributed by atoms with Crippen molar-refractivity contribution >= 4 is 17.6 Å². The molecule has 2 aromatic heterocycles. The Balaban J connectivity index is 1.82. The monoisotopic (exact) mass is 335 g/mol. The summed E-state index contributed by atoms with van der Waals surface area (Å²) in [5.41, 5.74) is 1.91. The summed E-state index contributed by atoms with van der Waals surface area (Å²) >= 11 is 0. The van der Waals surface area contributed by atoms with E-state index in [-0.39, 0.29) is 17.5 Å². The average molecular weight is 335 g/mol. The summed E-state index contributed by atoms with van der Waals surface area (Å²) in [5, 5.41) is 9.82. The quantitative estimate of drug-likeness (QED) is 0.748. The van der Waals surface area contributed by atoms with Gasteiger partial charge < -0.3 is 10.6 Å². The van der Waals surface area contributed by atoms with Gasteiger partial charge in [-0.1, -0.05) is 18.2 Å². The van der Waals surface area contributed by atoms with Crippen molar-refractivity contribution in [3.63, 3.8) is 0 Å². The van der Waals surface area contributed by atoms with E-state index in [1.54, 1.807) is 18.5 Å². The summed E-state index contributed by atoms with van der Waals surface area (Å²) in [7, 11) is 0. The van der Waals surface area contributed by atoms with Crippen molar-refractivity contribution < 1.29 is 9.59 Å². The van der Waals surface area contributed by atoms with Crippen LogP contribution in [0.25, 0.3) is 5.69 Å². The molecule has 0 atom stereocenters. The maximum Gasteiger partial charge on any atom is 0.272 e. The van der Waals surface area contributed by atoms with Crippen molar-refractivity contribution in [1.29, 1.82) is 0 Å². The molecule has 0 saturated heterocycles. The van der Waals surface area contributed by atoms with Gasteiger partial charge in [0, 0.05) is 31.9 Å². The SMILES string of the molecule is CC(=O)Nc1cc(C(=O)NCc2ccncc2)nn1-c1ccccc1. The Morgan fingerprint density at radius 2 is 1.80 bits per heavy atom. The van der Waals surface area contributed by atoms with Crippen molar-refractivity contribution in [3.05, 3.63) is 72.2 Å². The molecule has 0 spiro atoms. The van der Waals surface area contributed by atoms with Crippen LogP contribution < -0.4 is 10.6 Å². The Labute approximate surface area is 144 Å². The topological polar surface area (TPSA) is 88.9 Å². The Morgan fingerprint density at radius 3 is 2.48 bits per heavy atom. The molecular formula is C18H17N5O2. The summed E-state index contributed by atoms with van der Waals surface area (Å²) in [4.78, 5) is 27.8. The third kappa shape index (κ3) is 4.08. The molecule has 3 rings (SSSR count). The molecule has 0 unspecified atom stereocenters. The highest BCUT2D eigenvalue weighted by Crippen LogP contribution is 2.17. The molecule has 7 heteroatoms. The number of rotatable bonds is 5. The molecule has 0 aliphatic heterocycles. The molecule has 0 aliphatic carbocycles. The highest BCUT2D eigenvalue weighted by atomic mass is 16.2. The van der Waals surface area contributed by atoms with E-state index < -0.39 is 0 Å². The van der Waals surface area contributed by atoms with Crippen molar-refractivity contribution in [2.45, 2.75) is 13.5 Å². The molecule has 25 heavy (non-hydrogen) atoms. The predicted octanol–water partition coefficient (Wildman–Crippen LogP) is 2.16. The largest absolute Gasteiger partial charge is 0.347 e. The number of nitrogens with zero attached hydrogens (tertiary/aromatic N) is 3. The molecular weight excluding hydrogens is 318 g/mol. The molecule has 0 radical (unpaired) electrons. The first kappa shape index (κ1) is 16.4. The number of amides is 2. The second-order valence-electron chi connectivity index (χ2n) is 5.38. The summed E-state index contributed by atoms with van der Waals surface area (Å²) in [6.07, 6.45) is 3.33. The lowest BCUT2D eigenvalue weighted by Crippen LogP contribution is -2.23. The fraction of sp³-hybridized carbons (Fsp3) is 0.111. The van der Waals surface area contributed by atoms with Crippen LogP contribution >= 0.6 is 0 Å². The molecule has 2 amide bonds. The number of pyridine rings is 1. The van der Waals surface area contributed by atoms with Crippen LogP contribution in [0.2, 0.25) is 0 Å². The number of para-hydroxylation sites is 1. The number of hydrogen-bond donors (Lipinski definition) is 2. The van der Waals surface area contributed by atoms with Crippen molar-refractivity contribution in [3.8, 4) is 5.69 Å². The highest BCUT2D eigenvalue weighted by molar-refractivity contribution is 5.95. The van der Waals surface area contributed by atoms with Crippen LogP contribution in [0.3, 0.4) is 0 Å². The highest BCUT2D eigenvalue weighted by Gasteiger charge is 2.16. The first-order valence-corrected chi connectivity index (χ1v) is 7.73. The molecule has 0 bridgehead atoms. The minimum atomic E-state index is -0.321. The minimum Gasteiger partial charge on any atom is -0.347 e. The number of benzene rings is 1. The minimum absolute atomic E-state index is 0.224. The fourth-order valence-corrected chi connectivity index (χ4v) is 2.30. The number of nitrogens with one attached hydrogen (secondary N) is 2. The Morgan fingerprint density at radius 1 is 1.08 bits per heavy atom. The van der Waals surface area contributed by atoms with Gasteiger partial charge in [0.25, 0.3) is 5.91 Å². The summed E-state index contributed by atoms with van der Waals surface area (Å²) in [6.45, 7) is 1.78. The van der Waals surface area contributed by atoms with E-state index in [4.69, 9.17) is 0 Å². The van der Waals surface area contributed by atoms with Crippen LogP contribution in [-0.2, 0) is 11.3 Å². The zero-order chi connectivity index (χ0) is 17.6. The lowest BCUT2D eigenvalue weighted by atomic mass is 10.2. The van der Waals surface area contributed by atoms with Gasteiger partial charge in [-0.05, 0) is 29.8 Å². The van der Waals surface area contributed by atoms with Crippen molar-refractivity contribution in [1.82, 2.24) is 20.1 Å². The van der Waals surface area contributed by atoms with Crippen LogP contribution in [0.5, 0.6) is 0 Å². The number of aromatic nitrogens is 3. The molecule has 0 saturated carbocycles. The van der Waals surface area contributed by atoms with Crippen LogP contribution in [0.1, 0.15) is 23.0 Å². The third-order valence-electron chi connectivity index (χ3n) is 3.45. The molecule has 2 N–H and O–H groups in total.